The van der Waals surface area contributed by atoms with Crippen molar-refractivity contribution in [2.45, 2.75) is 31.9 Å². The fourth-order valence-corrected chi connectivity index (χ4v) is 3.63. The van der Waals surface area contributed by atoms with Crippen molar-refractivity contribution in [2.75, 3.05) is 7.11 Å². The van der Waals surface area contributed by atoms with Gasteiger partial charge in [-0.2, -0.15) is 0 Å². The van der Waals surface area contributed by atoms with Crippen LogP contribution in [0.4, 0.5) is 0 Å². The summed E-state index contributed by atoms with van der Waals surface area (Å²) in [7, 11) is 1.55. The first kappa shape index (κ1) is 13.4. The lowest BCUT2D eigenvalue weighted by Crippen LogP contribution is -2.35. The summed E-state index contributed by atoms with van der Waals surface area (Å²) in [6, 6.07) is 3.54. The highest BCUT2D eigenvalue weighted by molar-refractivity contribution is 5.94. The Morgan fingerprint density at radius 3 is 2.70 bits per heavy atom. The van der Waals surface area contributed by atoms with Crippen LogP contribution in [0.1, 0.15) is 30.1 Å². The Labute approximate surface area is 118 Å². The molecule has 5 atom stereocenters. The van der Waals surface area contributed by atoms with E-state index in [1.807, 2.05) is 6.92 Å². The van der Waals surface area contributed by atoms with Crippen molar-refractivity contribution in [2.24, 2.45) is 17.8 Å². The van der Waals surface area contributed by atoms with Crippen molar-refractivity contribution in [1.82, 2.24) is 10.3 Å². The highest BCUT2D eigenvalue weighted by atomic mass is 16.5. The summed E-state index contributed by atoms with van der Waals surface area (Å²) in [5.41, 5.74) is 0.545. The van der Waals surface area contributed by atoms with Crippen LogP contribution in [0.15, 0.2) is 18.3 Å². The van der Waals surface area contributed by atoms with E-state index in [0.29, 0.717) is 29.2 Å². The maximum Gasteiger partial charge on any atom is 0.253 e. The second-order valence-corrected chi connectivity index (χ2v) is 5.88. The summed E-state index contributed by atoms with van der Waals surface area (Å²) >= 11 is 0. The number of pyridine rings is 1. The molecule has 5 heteroatoms. The lowest BCUT2D eigenvalue weighted by Gasteiger charge is -2.17. The quantitative estimate of drug-likeness (QED) is 0.867. The minimum Gasteiger partial charge on any atom is -0.481 e. The van der Waals surface area contributed by atoms with E-state index in [4.69, 9.17) is 4.74 Å². The first-order valence-corrected chi connectivity index (χ1v) is 7.09. The molecule has 1 amide bonds. The number of aliphatic hydroxyl groups excluding tert-OH is 1. The van der Waals surface area contributed by atoms with Gasteiger partial charge in [0.25, 0.3) is 5.91 Å². The van der Waals surface area contributed by atoms with E-state index in [0.717, 1.165) is 12.8 Å². The van der Waals surface area contributed by atoms with E-state index >= 15 is 0 Å². The molecule has 1 unspecified atom stereocenters. The molecule has 2 saturated carbocycles. The van der Waals surface area contributed by atoms with Crippen LogP contribution < -0.4 is 10.1 Å². The molecular weight excluding hydrogens is 256 g/mol. The van der Waals surface area contributed by atoms with Gasteiger partial charge in [-0.15, -0.1) is 0 Å². The number of hydrogen-bond donors (Lipinski definition) is 2. The van der Waals surface area contributed by atoms with Gasteiger partial charge in [0.2, 0.25) is 5.88 Å². The first-order valence-electron chi connectivity index (χ1n) is 7.09. The Kier molecular flexibility index (Phi) is 3.38. The fourth-order valence-electron chi connectivity index (χ4n) is 3.63. The van der Waals surface area contributed by atoms with E-state index in [2.05, 4.69) is 10.3 Å². The van der Waals surface area contributed by atoms with Gasteiger partial charge < -0.3 is 15.2 Å². The molecule has 0 spiro atoms. The van der Waals surface area contributed by atoms with Crippen LogP contribution >= 0.6 is 0 Å². The molecule has 0 saturated heterocycles. The van der Waals surface area contributed by atoms with Crippen LogP contribution in [0.25, 0.3) is 0 Å². The number of fused-ring (bicyclic) bond motifs is 1. The van der Waals surface area contributed by atoms with Gasteiger partial charge in [0.15, 0.2) is 0 Å². The van der Waals surface area contributed by atoms with Crippen molar-refractivity contribution < 1.29 is 14.6 Å². The summed E-state index contributed by atoms with van der Waals surface area (Å²) in [4.78, 5) is 16.2. The molecule has 1 aromatic rings. The zero-order valence-electron chi connectivity index (χ0n) is 11.7. The molecule has 108 valence electrons. The van der Waals surface area contributed by atoms with Crippen molar-refractivity contribution in [3.63, 3.8) is 0 Å². The second kappa shape index (κ2) is 5.05. The summed E-state index contributed by atoms with van der Waals surface area (Å²) in [6.45, 7) is 2.05. The molecule has 0 radical (unpaired) electrons. The number of nitrogens with zero attached hydrogens (tertiary/aromatic N) is 1. The summed E-state index contributed by atoms with van der Waals surface area (Å²) in [5.74, 6) is 2.11. The number of ether oxygens (including phenoxy) is 1. The number of nitrogens with one attached hydrogen (secondary N) is 1. The van der Waals surface area contributed by atoms with Crippen LogP contribution in [-0.2, 0) is 0 Å². The summed E-state index contributed by atoms with van der Waals surface area (Å²) in [5, 5.41) is 12.6. The molecule has 1 aromatic heterocycles. The molecule has 2 fully saturated rings. The van der Waals surface area contributed by atoms with Crippen molar-refractivity contribution >= 4 is 5.91 Å². The Hall–Kier alpha value is -1.62. The molecule has 2 N–H and O–H groups in total. The number of hydrogen-bond acceptors (Lipinski definition) is 4. The lowest BCUT2D eigenvalue weighted by molar-refractivity contribution is 0.0928. The van der Waals surface area contributed by atoms with Gasteiger partial charge >= 0.3 is 0 Å². The molecule has 2 aliphatic carbocycles. The highest BCUT2D eigenvalue weighted by Crippen LogP contribution is 2.58. The molecule has 2 aliphatic rings. The van der Waals surface area contributed by atoms with Crippen LogP contribution in [0.2, 0.25) is 0 Å². The first-order chi connectivity index (χ1) is 9.60. The number of carbonyl (C=O) groups is 1. The second-order valence-electron chi connectivity index (χ2n) is 5.88. The van der Waals surface area contributed by atoms with Gasteiger partial charge in [-0.05, 0) is 43.6 Å². The SMILES string of the molecule is COc1ccc(C(=O)NC(C)[C@H]2[C@@H]3C[C@@H](O)C[C@@H]32)cn1. The molecule has 0 aliphatic heterocycles. The Bertz CT molecular complexity index is 490. The largest absolute Gasteiger partial charge is 0.481 e. The van der Waals surface area contributed by atoms with E-state index in [1.54, 1.807) is 19.2 Å². The topological polar surface area (TPSA) is 71.5 Å². The third-order valence-electron chi connectivity index (χ3n) is 4.63. The van der Waals surface area contributed by atoms with Gasteiger partial charge in [0.05, 0.1) is 18.8 Å². The average Bonchev–Trinajstić information content (AvgIpc) is 2.97. The van der Waals surface area contributed by atoms with E-state index in [-0.39, 0.29) is 18.1 Å². The predicted octanol–water partition coefficient (Wildman–Crippen LogP) is 1.23. The predicted molar refractivity (Wildman–Crippen MR) is 73.4 cm³/mol. The van der Waals surface area contributed by atoms with Crippen LogP contribution in [-0.4, -0.2) is 35.3 Å². The number of aromatic nitrogens is 1. The number of aliphatic hydroxyl groups is 1. The molecular formula is C15H20N2O3. The highest BCUT2D eigenvalue weighted by Gasteiger charge is 2.57. The van der Waals surface area contributed by atoms with Gasteiger partial charge in [0, 0.05) is 18.3 Å². The Balaban J connectivity index is 1.56. The number of methoxy groups -OCH3 is 1. The zero-order valence-corrected chi connectivity index (χ0v) is 11.7. The van der Waals surface area contributed by atoms with E-state index in [9.17, 15) is 9.90 Å². The number of carbonyl (C=O) groups excluding carboxylic acids is 1. The standard InChI is InChI=1S/C15H20N2O3/c1-8(14-11-5-10(18)6-12(11)14)17-15(19)9-3-4-13(20-2)16-7-9/h3-4,7-8,10-12,14,18H,5-6H2,1-2H3,(H,17,19)/t8?,10-,11-,12+,14+. The number of amides is 1. The minimum atomic E-state index is -0.130. The van der Waals surface area contributed by atoms with Crippen molar-refractivity contribution in [3.05, 3.63) is 23.9 Å². The molecule has 0 bridgehead atoms. The fraction of sp³-hybridized carbons (Fsp3) is 0.600. The van der Waals surface area contributed by atoms with E-state index in [1.165, 1.54) is 6.20 Å². The molecule has 5 nitrogen and oxygen atoms in total. The Morgan fingerprint density at radius 2 is 2.15 bits per heavy atom. The van der Waals surface area contributed by atoms with E-state index < -0.39 is 0 Å². The van der Waals surface area contributed by atoms with Gasteiger partial charge in [0.1, 0.15) is 0 Å². The summed E-state index contributed by atoms with van der Waals surface area (Å²) < 4.78 is 4.97. The maximum atomic E-state index is 12.1. The van der Waals surface area contributed by atoms with Crippen molar-refractivity contribution in [1.29, 1.82) is 0 Å². The smallest absolute Gasteiger partial charge is 0.253 e. The maximum absolute atomic E-state index is 12.1. The normalized spacial score (nSPS) is 32.4. The van der Waals surface area contributed by atoms with Crippen molar-refractivity contribution in [3.8, 4) is 5.88 Å². The van der Waals surface area contributed by atoms with Crippen LogP contribution in [0, 0.1) is 17.8 Å². The molecule has 1 heterocycles. The van der Waals surface area contributed by atoms with Crippen LogP contribution in [0.5, 0.6) is 5.88 Å². The Morgan fingerprint density at radius 1 is 1.45 bits per heavy atom. The molecule has 20 heavy (non-hydrogen) atoms. The monoisotopic (exact) mass is 276 g/mol. The van der Waals surface area contributed by atoms with Gasteiger partial charge in [-0.1, -0.05) is 0 Å². The number of rotatable bonds is 4. The van der Waals surface area contributed by atoms with Gasteiger partial charge in [-0.25, -0.2) is 4.98 Å². The molecule has 0 aromatic carbocycles. The third kappa shape index (κ3) is 2.38. The average molecular weight is 276 g/mol. The lowest BCUT2D eigenvalue weighted by atomic mass is 10.0. The third-order valence-corrected chi connectivity index (χ3v) is 4.63. The van der Waals surface area contributed by atoms with Gasteiger partial charge in [-0.3, -0.25) is 4.79 Å². The zero-order chi connectivity index (χ0) is 14.3. The minimum absolute atomic E-state index is 0.0989. The summed E-state index contributed by atoms with van der Waals surface area (Å²) in [6.07, 6.45) is 3.17. The molecule has 3 rings (SSSR count). The van der Waals surface area contributed by atoms with Crippen LogP contribution in [0.3, 0.4) is 0 Å².